The number of hydrogen-bond acceptors (Lipinski definition) is 7. The summed E-state index contributed by atoms with van der Waals surface area (Å²) in [6.07, 6.45) is 13.4. The van der Waals surface area contributed by atoms with Crippen molar-refractivity contribution in [3.05, 3.63) is 12.2 Å². The molecule has 2 bridgehead atoms. The second-order valence-electron chi connectivity index (χ2n) is 16.4. The van der Waals surface area contributed by atoms with Crippen molar-refractivity contribution in [2.45, 2.75) is 167 Å². The monoisotopic (exact) mass is 659 g/mol. The minimum Gasteiger partial charge on any atom is -0.352 e. The van der Waals surface area contributed by atoms with Gasteiger partial charge in [-0.05, 0) is 90.9 Å². The molecule has 0 aromatic heterocycles. The van der Waals surface area contributed by atoms with Crippen molar-refractivity contribution < 1.29 is 19.2 Å². The van der Waals surface area contributed by atoms with Crippen LogP contribution in [0.5, 0.6) is 0 Å². The average Bonchev–Trinajstić information content (AvgIpc) is 3.38. The lowest BCUT2D eigenvalue weighted by molar-refractivity contribution is -0.137. The van der Waals surface area contributed by atoms with Crippen molar-refractivity contribution in [3.8, 4) is 0 Å². The summed E-state index contributed by atoms with van der Waals surface area (Å²) >= 11 is 0. The molecule has 0 spiro atoms. The van der Waals surface area contributed by atoms with E-state index in [1.165, 1.54) is 0 Å². The second-order valence-corrected chi connectivity index (χ2v) is 16.4. The number of amides is 3. The van der Waals surface area contributed by atoms with Crippen molar-refractivity contribution in [3.63, 3.8) is 0 Å². The molecule has 3 fully saturated rings. The predicted molar refractivity (Wildman–Crippen MR) is 189 cm³/mol. The summed E-state index contributed by atoms with van der Waals surface area (Å²) in [7, 11) is 0. The van der Waals surface area contributed by atoms with Crippen LogP contribution in [0.3, 0.4) is 0 Å². The van der Waals surface area contributed by atoms with E-state index in [9.17, 15) is 19.2 Å². The van der Waals surface area contributed by atoms with Crippen molar-refractivity contribution >= 4 is 23.5 Å². The number of ketones is 2. The smallest absolute Gasteiger partial charge is 0.312 e. The van der Waals surface area contributed by atoms with Crippen LogP contribution in [0.4, 0.5) is 4.79 Å². The Balaban J connectivity index is 1.88. The highest BCUT2D eigenvalue weighted by Crippen LogP contribution is 2.46. The van der Waals surface area contributed by atoms with Crippen LogP contribution in [0.1, 0.15) is 132 Å². The van der Waals surface area contributed by atoms with E-state index in [1.807, 2.05) is 20.8 Å². The molecule has 2 saturated carbocycles. The zero-order valence-corrected chi connectivity index (χ0v) is 30.7. The van der Waals surface area contributed by atoms with Gasteiger partial charge in [-0.3, -0.25) is 25.0 Å². The van der Waals surface area contributed by atoms with Gasteiger partial charge in [-0.25, -0.2) is 4.79 Å². The third-order valence-corrected chi connectivity index (χ3v) is 11.2. The molecule has 0 aromatic rings. The lowest BCUT2D eigenvalue weighted by Crippen LogP contribution is -2.70. The number of primary amides is 1. The van der Waals surface area contributed by atoms with Gasteiger partial charge >= 0.3 is 6.03 Å². The van der Waals surface area contributed by atoms with Crippen molar-refractivity contribution in [2.24, 2.45) is 23.5 Å². The van der Waals surface area contributed by atoms with Gasteiger partial charge in [0.05, 0.1) is 23.2 Å². The zero-order valence-electron chi connectivity index (χ0n) is 30.7. The highest BCUT2D eigenvalue weighted by atomic mass is 16.2. The van der Waals surface area contributed by atoms with Gasteiger partial charge in [0.2, 0.25) is 5.91 Å². The van der Waals surface area contributed by atoms with Gasteiger partial charge < -0.3 is 21.7 Å². The Labute approximate surface area is 284 Å². The maximum Gasteiger partial charge on any atom is 0.312 e. The maximum absolute atomic E-state index is 14.9. The summed E-state index contributed by atoms with van der Waals surface area (Å²) in [6, 6.07) is -2.00. The van der Waals surface area contributed by atoms with Gasteiger partial charge in [0.25, 0.3) is 0 Å². The standard InChI is InChI=1S/C37H66N6O4/c1-9-18-35(8)26(4)27-15-10-11-21-37(24-27,43-35)31(45)28(16-14-22-39-33(38)47)41-32(46)30(25(2)3)42-36(19-12-13-20-36)29(44)17-23-40-34(5,6)7/h9,18,25-28,30,40,42-43H,10-17,19-24H2,1-8H3,(H,41,46)(H3,38,39,47)/b18-9-/t26-,27+,28-,30-,35?,37?/m0/s1. The third kappa shape index (κ3) is 10.1. The normalized spacial score (nSPS) is 28.9. The molecule has 1 heterocycles. The number of allylic oxidation sites excluding steroid dienone is 1. The van der Waals surface area contributed by atoms with E-state index >= 15 is 0 Å². The first-order valence-electron chi connectivity index (χ1n) is 18.3. The molecule has 10 heteroatoms. The molecule has 1 saturated heterocycles. The molecule has 47 heavy (non-hydrogen) atoms. The van der Waals surface area contributed by atoms with E-state index in [0.29, 0.717) is 57.0 Å². The molecular weight excluding hydrogens is 592 g/mol. The molecule has 0 aromatic carbocycles. The Hall–Kier alpha value is -2.30. The predicted octanol–water partition coefficient (Wildman–Crippen LogP) is 4.66. The number of piperidine rings is 1. The average molecular weight is 659 g/mol. The largest absolute Gasteiger partial charge is 0.352 e. The summed E-state index contributed by atoms with van der Waals surface area (Å²) in [5, 5.41) is 16.7. The van der Waals surface area contributed by atoms with E-state index in [4.69, 9.17) is 5.73 Å². The van der Waals surface area contributed by atoms with Gasteiger partial charge in [-0.15, -0.1) is 0 Å². The highest BCUT2D eigenvalue weighted by Gasteiger charge is 2.54. The first kappa shape index (κ1) is 39.1. The number of nitrogens with two attached hydrogens (primary N) is 1. The minimum absolute atomic E-state index is 0.0156. The van der Waals surface area contributed by atoms with Gasteiger partial charge in [0.1, 0.15) is 0 Å². The Morgan fingerprint density at radius 3 is 2.28 bits per heavy atom. The number of hydrogen-bond donors (Lipinski definition) is 6. The number of Topliss-reactive ketones (excluding diaryl/α,β-unsaturated/α-hetero) is 2. The van der Waals surface area contributed by atoms with Crippen LogP contribution < -0.4 is 32.3 Å². The van der Waals surface area contributed by atoms with E-state index in [1.54, 1.807) is 0 Å². The molecule has 6 atom stereocenters. The van der Waals surface area contributed by atoms with Gasteiger partial charge in [0, 0.05) is 30.6 Å². The molecule has 10 nitrogen and oxygen atoms in total. The van der Waals surface area contributed by atoms with Crippen LogP contribution in [-0.4, -0.2) is 70.8 Å². The Bertz CT molecular complexity index is 1130. The maximum atomic E-state index is 14.9. The number of nitrogens with one attached hydrogen (secondary N) is 5. The van der Waals surface area contributed by atoms with Crippen LogP contribution in [-0.2, 0) is 14.4 Å². The summed E-state index contributed by atoms with van der Waals surface area (Å²) in [4.78, 5) is 54.3. The van der Waals surface area contributed by atoms with Crippen LogP contribution in [0.15, 0.2) is 12.2 Å². The molecule has 7 N–H and O–H groups in total. The third-order valence-electron chi connectivity index (χ3n) is 11.2. The number of carbonyl (C=O) groups excluding carboxylic acids is 4. The first-order valence-corrected chi connectivity index (χ1v) is 18.3. The first-order chi connectivity index (χ1) is 22.0. The van der Waals surface area contributed by atoms with Crippen LogP contribution in [0.2, 0.25) is 0 Å². The Kier molecular flexibility index (Phi) is 13.7. The molecule has 3 amide bonds. The highest BCUT2D eigenvalue weighted by molar-refractivity contribution is 5.97. The quantitative estimate of drug-likeness (QED) is 0.104. The minimum atomic E-state index is -0.763. The van der Waals surface area contributed by atoms with E-state index in [-0.39, 0.29) is 34.5 Å². The van der Waals surface area contributed by atoms with E-state index < -0.39 is 29.2 Å². The summed E-state index contributed by atoms with van der Waals surface area (Å²) < 4.78 is 0. The fourth-order valence-corrected chi connectivity index (χ4v) is 8.46. The molecule has 2 aliphatic carbocycles. The molecule has 268 valence electrons. The van der Waals surface area contributed by atoms with E-state index in [2.05, 4.69) is 73.4 Å². The van der Waals surface area contributed by atoms with E-state index in [0.717, 1.165) is 44.9 Å². The van der Waals surface area contributed by atoms with Crippen molar-refractivity contribution in [2.75, 3.05) is 13.1 Å². The number of rotatable bonds is 16. The Morgan fingerprint density at radius 1 is 1.02 bits per heavy atom. The molecule has 0 radical (unpaired) electrons. The lowest BCUT2D eigenvalue weighted by atomic mass is 9.64. The van der Waals surface area contributed by atoms with Crippen LogP contribution in [0, 0.1) is 17.8 Å². The molecule has 2 unspecified atom stereocenters. The molecule has 3 rings (SSSR count). The van der Waals surface area contributed by atoms with Crippen LogP contribution >= 0.6 is 0 Å². The van der Waals surface area contributed by atoms with Gasteiger partial charge in [-0.1, -0.05) is 65.0 Å². The number of carbonyl (C=O) groups is 4. The van der Waals surface area contributed by atoms with Crippen molar-refractivity contribution in [1.82, 2.24) is 26.6 Å². The summed E-state index contributed by atoms with van der Waals surface area (Å²) in [5.41, 5.74) is 3.37. The van der Waals surface area contributed by atoms with Crippen molar-refractivity contribution in [1.29, 1.82) is 0 Å². The number of fused-ring (bicyclic) bond motifs is 2. The second kappa shape index (κ2) is 16.4. The van der Waals surface area contributed by atoms with Gasteiger partial charge in [-0.2, -0.15) is 0 Å². The Morgan fingerprint density at radius 2 is 1.68 bits per heavy atom. The molecule has 3 aliphatic rings. The topological polar surface area (TPSA) is 154 Å². The summed E-state index contributed by atoms with van der Waals surface area (Å²) in [6.45, 7) is 17.6. The summed E-state index contributed by atoms with van der Waals surface area (Å²) in [5.74, 6) is 0.549. The number of urea groups is 1. The fraction of sp³-hybridized carbons (Fsp3) is 0.838. The van der Waals surface area contributed by atoms with Crippen LogP contribution in [0.25, 0.3) is 0 Å². The zero-order chi connectivity index (χ0) is 35.0. The molecule has 1 aliphatic heterocycles. The lowest BCUT2D eigenvalue weighted by Gasteiger charge is -2.53. The fourth-order valence-electron chi connectivity index (χ4n) is 8.46. The molecular formula is C37H66N6O4. The van der Waals surface area contributed by atoms with Gasteiger partial charge in [0.15, 0.2) is 11.6 Å². The SMILES string of the molecule is C/C=C\C1(C)NC2(C(=O)[C@H](CCCNC(N)=O)NC(=O)[C@@H](NC3(C(=O)CCNC(C)(C)C)CCCC3)C(C)C)CCCC[C@H](C2)[C@@H]1C.